The molecular weight excluding hydrogens is 338 g/mol. The Bertz CT molecular complexity index is 547. The maximum absolute atomic E-state index is 10.1. The van der Waals surface area contributed by atoms with Crippen molar-refractivity contribution in [1.29, 1.82) is 0 Å². The van der Waals surface area contributed by atoms with Crippen molar-refractivity contribution < 1.29 is 9.84 Å². The predicted octanol–water partition coefficient (Wildman–Crippen LogP) is 3.84. The average Bonchev–Trinajstić information content (AvgIpc) is 2.79. The predicted molar refractivity (Wildman–Crippen MR) is 76.5 cm³/mol. The number of aliphatic hydroxyl groups is 1. The van der Waals surface area contributed by atoms with Gasteiger partial charge >= 0.3 is 0 Å². The van der Waals surface area contributed by atoms with Gasteiger partial charge in [-0.05, 0) is 23.8 Å². The van der Waals surface area contributed by atoms with E-state index in [1.807, 2.05) is 18.2 Å². The third kappa shape index (κ3) is 3.23. The highest BCUT2D eigenvalue weighted by Gasteiger charge is 2.15. The molecule has 0 spiro atoms. The van der Waals surface area contributed by atoms with Gasteiger partial charge in [0.25, 0.3) is 0 Å². The van der Waals surface area contributed by atoms with Crippen molar-refractivity contribution in [3.8, 4) is 5.75 Å². The molecule has 1 unspecified atom stereocenters. The van der Waals surface area contributed by atoms with Gasteiger partial charge in [-0.25, -0.2) is 4.98 Å². The molecule has 0 aliphatic rings. The number of aromatic nitrogens is 1. The Morgan fingerprint density at radius 2 is 2.33 bits per heavy atom. The van der Waals surface area contributed by atoms with Gasteiger partial charge in [0.1, 0.15) is 21.2 Å². The van der Waals surface area contributed by atoms with Crippen LogP contribution in [0.4, 0.5) is 0 Å². The summed E-state index contributed by atoms with van der Waals surface area (Å²) < 4.78 is 6.68. The second kappa shape index (κ2) is 6.02. The molecule has 96 valence electrons. The smallest absolute Gasteiger partial charge is 0.123 e. The lowest BCUT2D eigenvalue weighted by molar-refractivity contribution is 0.177. The first-order valence-corrected chi connectivity index (χ1v) is 7.20. The quantitative estimate of drug-likeness (QED) is 0.912. The Kier molecular flexibility index (Phi) is 4.61. The van der Waals surface area contributed by atoms with Crippen LogP contribution in [0, 0.1) is 0 Å². The van der Waals surface area contributed by atoms with E-state index in [1.165, 1.54) is 11.3 Å². The molecule has 0 radical (unpaired) electrons. The van der Waals surface area contributed by atoms with Crippen molar-refractivity contribution in [2.45, 2.75) is 12.5 Å². The van der Waals surface area contributed by atoms with Crippen LogP contribution in [0.25, 0.3) is 0 Å². The molecule has 0 fully saturated rings. The normalized spacial score (nSPS) is 12.4. The van der Waals surface area contributed by atoms with E-state index >= 15 is 0 Å². The molecule has 1 atom stereocenters. The molecule has 1 N–H and O–H groups in total. The van der Waals surface area contributed by atoms with Gasteiger partial charge in [-0.1, -0.05) is 27.5 Å². The molecule has 0 aliphatic carbocycles. The molecule has 3 nitrogen and oxygen atoms in total. The van der Waals surface area contributed by atoms with E-state index < -0.39 is 6.10 Å². The fraction of sp³-hybridized carbons (Fsp3) is 0.250. The first-order valence-electron chi connectivity index (χ1n) is 5.22. The second-order valence-electron chi connectivity index (χ2n) is 3.68. The molecule has 1 heterocycles. The number of ether oxygens (including phenoxy) is 1. The van der Waals surface area contributed by atoms with Crippen LogP contribution in [0.15, 0.2) is 28.9 Å². The van der Waals surface area contributed by atoms with Crippen LogP contribution in [0.5, 0.6) is 5.75 Å². The van der Waals surface area contributed by atoms with E-state index in [-0.39, 0.29) is 0 Å². The maximum atomic E-state index is 10.1. The minimum Gasteiger partial charge on any atom is -0.497 e. The van der Waals surface area contributed by atoms with Crippen LogP contribution < -0.4 is 4.74 Å². The Morgan fingerprint density at radius 3 is 2.94 bits per heavy atom. The summed E-state index contributed by atoms with van der Waals surface area (Å²) in [6.45, 7) is 0. The summed E-state index contributed by atoms with van der Waals surface area (Å²) in [5.41, 5.74) is 0.966. The lowest BCUT2D eigenvalue weighted by Gasteiger charge is -2.10. The van der Waals surface area contributed by atoms with Crippen molar-refractivity contribution in [2.75, 3.05) is 7.11 Å². The highest BCUT2D eigenvalue weighted by Crippen LogP contribution is 2.30. The molecule has 2 aromatic rings. The van der Waals surface area contributed by atoms with Gasteiger partial charge in [0.05, 0.1) is 13.3 Å². The van der Waals surface area contributed by atoms with Crippen molar-refractivity contribution in [2.24, 2.45) is 0 Å². The summed E-state index contributed by atoms with van der Waals surface area (Å²) in [6.07, 6.45) is 1.35. The average molecular weight is 349 g/mol. The molecule has 0 saturated heterocycles. The van der Waals surface area contributed by atoms with Crippen LogP contribution in [-0.2, 0) is 6.42 Å². The van der Waals surface area contributed by atoms with E-state index in [1.54, 1.807) is 13.3 Å². The zero-order chi connectivity index (χ0) is 13.1. The first-order chi connectivity index (χ1) is 8.60. The number of benzene rings is 1. The summed E-state index contributed by atoms with van der Waals surface area (Å²) in [7, 11) is 1.62. The summed E-state index contributed by atoms with van der Waals surface area (Å²) >= 11 is 10.5. The van der Waals surface area contributed by atoms with E-state index in [0.29, 0.717) is 15.8 Å². The van der Waals surface area contributed by atoms with Crippen molar-refractivity contribution in [3.05, 3.63) is 43.8 Å². The zero-order valence-electron chi connectivity index (χ0n) is 9.56. The summed E-state index contributed by atoms with van der Waals surface area (Å²) in [6, 6.07) is 5.65. The Labute approximate surface area is 123 Å². The lowest BCUT2D eigenvalue weighted by atomic mass is 10.1. The number of aliphatic hydroxyl groups excluding tert-OH is 1. The van der Waals surface area contributed by atoms with Gasteiger partial charge in [-0.2, -0.15) is 0 Å². The van der Waals surface area contributed by atoms with E-state index in [0.717, 1.165) is 15.8 Å². The number of nitrogens with zero attached hydrogens (tertiary/aromatic N) is 1. The Morgan fingerprint density at radius 1 is 1.56 bits per heavy atom. The number of hydrogen-bond acceptors (Lipinski definition) is 4. The molecule has 0 bridgehead atoms. The largest absolute Gasteiger partial charge is 0.497 e. The number of rotatable bonds is 4. The Balaban J connectivity index is 2.18. The Hall–Kier alpha value is -0.620. The third-order valence-corrected chi connectivity index (χ3v) is 4.44. The molecule has 0 aliphatic heterocycles. The van der Waals surface area contributed by atoms with Crippen LogP contribution in [-0.4, -0.2) is 17.2 Å². The molecular formula is C12H11BrClNO2S. The molecule has 18 heavy (non-hydrogen) atoms. The van der Waals surface area contributed by atoms with Gasteiger partial charge in [-0.3, -0.25) is 0 Å². The summed E-state index contributed by atoms with van der Waals surface area (Å²) in [5, 5.41) is 10.7. The van der Waals surface area contributed by atoms with Crippen LogP contribution in [0.2, 0.25) is 4.34 Å². The third-order valence-electron chi connectivity index (χ3n) is 2.45. The minimum absolute atomic E-state index is 0.460. The van der Waals surface area contributed by atoms with E-state index in [4.69, 9.17) is 16.3 Å². The first kappa shape index (κ1) is 13.8. The SMILES string of the molecule is COc1ccc(Br)c(CC(O)c2ncc(Cl)s2)c1. The highest BCUT2D eigenvalue weighted by molar-refractivity contribution is 9.10. The summed E-state index contributed by atoms with van der Waals surface area (Å²) in [4.78, 5) is 4.07. The topological polar surface area (TPSA) is 42.4 Å². The van der Waals surface area contributed by atoms with Gasteiger partial charge in [0, 0.05) is 10.9 Å². The standard InChI is InChI=1S/C12H11BrClNO2S/c1-17-8-2-3-9(13)7(4-8)5-10(16)12-15-6-11(14)18-12/h2-4,6,10,16H,5H2,1H3. The molecule has 1 aromatic carbocycles. The van der Waals surface area contributed by atoms with Crippen LogP contribution in [0.3, 0.4) is 0 Å². The fourth-order valence-corrected chi connectivity index (χ4v) is 2.88. The van der Waals surface area contributed by atoms with Crippen LogP contribution in [0.1, 0.15) is 16.7 Å². The number of methoxy groups -OCH3 is 1. The molecule has 1 aromatic heterocycles. The molecule has 6 heteroatoms. The molecule has 0 amide bonds. The zero-order valence-corrected chi connectivity index (χ0v) is 12.7. The fourth-order valence-electron chi connectivity index (χ4n) is 1.55. The van der Waals surface area contributed by atoms with Crippen LogP contribution >= 0.6 is 38.9 Å². The number of hydrogen-bond donors (Lipinski definition) is 1. The van der Waals surface area contributed by atoms with Gasteiger partial charge in [-0.15, -0.1) is 11.3 Å². The minimum atomic E-state index is -0.661. The summed E-state index contributed by atoms with van der Waals surface area (Å²) in [5.74, 6) is 0.762. The number of thiazole rings is 1. The monoisotopic (exact) mass is 347 g/mol. The van der Waals surface area contributed by atoms with E-state index in [2.05, 4.69) is 20.9 Å². The highest BCUT2D eigenvalue weighted by atomic mass is 79.9. The number of halogens is 2. The van der Waals surface area contributed by atoms with E-state index in [9.17, 15) is 5.11 Å². The lowest BCUT2D eigenvalue weighted by Crippen LogP contribution is -2.02. The maximum Gasteiger partial charge on any atom is 0.123 e. The molecule has 2 rings (SSSR count). The van der Waals surface area contributed by atoms with Crippen molar-refractivity contribution in [3.63, 3.8) is 0 Å². The van der Waals surface area contributed by atoms with Crippen molar-refractivity contribution >= 4 is 38.9 Å². The van der Waals surface area contributed by atoms with Gasteiger partial charge in [0.15, 0.2) is 0 Å². The van der Waals surface area contributed by atoms with Gasteiger partial charge in [0.2, 0.25) is 0 Å². The van der Waals surface area contributed by atoms with Crippen molar-refractivity contribution in [1.82, 2.24) is 4.98 Å². The second-order valence-corrected chi connectivity index (χ2v) is 6.23. The molecule has 0 saturated carbocycles. The van der Waals surface area contributed by atoms with Gasteiger partial charge < -0.3 is 9.84 Å².